The monoisotopic (exact) mass is 380 g/mol. The van der Waals surface area contributed by atoms with E-state index in [0.717, 1.165) is 5.57 Å². The molecule has 1 aromatic rings. The second-order valence-corrected chi connectivity index (χ2v) is 8.13. The molecule has 0 bridgehead atoms. The van der Waals surface area contributed by atoms with Crippen molar-refractivity contribution < 1.29 is 22.7 Å². The van der Waals surface area contributed by atoms with Crippen molar-refractivity contribution in [3.05, 3.63) is 41.5 Å². The predicted molar refractivity (Wildman–Crippen MR) is 97.2 cm³/mol. The molecule has 0 N–H and O–H groups in total. The number of esters is 1. The molecule has 1 amide bonds. The molecule has 8 heteroatoms. The summed E-state index contributed by atoms with van der Waals surface area (Å²) in [6.07, 6.45) is 1.55. The van der Waals surface area contributed by atoms with Crippen LogP contribution in [0.5, 0.6) is 0 Å². The molecule has 0 unspecified atom stereocenters. The van der Waals surface area contributed by atoms with Crippen LogP contribution in [0.1, 0.15) is 31.1 Å². The SMILES string of the molecule is CCOC(=O)c1ccc(S(=O)(=O)N2CCN(C(=O)C=C(C)C)CC2)cc1. The van der Waals surface area contributed by atoms with Crippen molar-refractivity contribution in [3.63, 3.8) is 0 Å². The number of allylic oxidation sites excluding steroid dienone is 1. The number of nitrogens with zero attached hydrogens (tertiary/aromatic N) is 2. The van der Waals surface area contributed by atoms with Gasteiger partial charge in [0.2, 0.25) is 15.9 Å². The number of carbonyl (C=O) groups is 2. The lowest BCUT2D eigenvalue weighted by Crippen LogP contribution is -2.50. The second-order valence-electron chi connectivity index (χ2n) is 6.20. The summed E-state index contributed by atoms with van der Waals surface area (Å²) in [5.41, 5.74) is 1.22. The third kappa shape index (κ3) is 4.70. The van der Waals surface area contributed by atoms with E-state index in [0.29, 0.717) is 18.7 Å². The lowest BCUT2D eigenvalue weighted by Gasteiger charge is -2.33. The number of carbonyl (C=O) groups excluding carboxylic acids is 2. The van der Waals surface area contributed by atoms with E-state index in [1.807, 2.05) is 13.8 Å². The number of rotatable bonds is 5. The first-order valence-corrected chi connectivity index (χ1v) is 9.91. The van der Waals surface area contributed by atoms with E-state index >= 15 is 0 Å². The van der Waals surface area contributed by atoms with Crippen molar-refractivity contribution in [2.75, 3.05) is 32.8 Å². The summed E-state index contributed by atoms with van der Waals surface area (Å²) < 4.78 is 31.7. The largest absolute Gasteiger partial charge is 0.462 e. The molecule has 26 heavy (non-hydrogen) atoms. The third-order valence-electron chi connectivity index (χ3n) is 3.97. The molecule has 0 spiro atoms. The molecule has 0 aromatic heterocycles. The van der Waals surface area contributed by atoms with Gasteiger partial charge in [-0.15, -0.1) is 0 Å². The maximum Gasteiger partial charge on any atom is 0.338 e. The van der Waals surface area contributed by atoms with Crippen LogP contribution in [0.25, 0.3) is 0 Å². The van der Waals surface area contributed by atoms with E-state index < -0.39 is 16.0 Å². The average Bonchev–Trinajstić information content (AvgIpc) is 2.61. The van der Waals surface area contributed by atoms with Crippen molar-refractivity contribution in [2.24, 2.45) is 0 Å². The molecule has 2 rings (SSSR count). The maximum atomic E-state index is 12.7. The zero-order valence-corrected chi connectivity index (χ0v) is 16.1. The van der Waals surface area contributed by atoms with Crippen molar-refractivity contribution in [3.8, 4) is 0 Å². The first-order chi connectivity index (χ1) is 12.3. The van der Waals surface area contributed by atoms with Crippen LogP contribution in [0.3, 0.4) is 0 Å². The Labute approximate surface area is 154 Å². The van der Waals surface area contributed by atoms with Gasteiger partial charge in [-0.25, -0.2) is 13.2 Å². The van der Waals surface area contributed by atoms with Crippen LogP contribution < -0.4 is 0 Å². The number of sulfonamides is 1. The van der Waals surface area contributed by atoms with Crippen molar-refractivity contribution in [2.45, 2.75) is 25.7 Å². The molecule has 1 saturated heterocycles. The van der Waals surface area contributed by atoms with Gasteiger partial charge in [-0.3, -0.25) is 4.79 Å². The Bertz CT molecular complexity index is 787. The number of benzene rings is 1. The van der Waals surface area contributed by atoms with Gasteiger partial charge in [-0.1, -0.05) is 5.57 Å². The summed E-state index contributed by atoms with van der Waals surface area (Å²) in [6.45, 7) is 6.84. The number of ether oxygens (including phenoxy) is 1. The summed E-state index contributed by atoms with van der Waals surface area (Å²) in [4.78, 5) is 25.4. The highest BCUT2D eigenvalue weighted by Crippen LogP contribution is 2.19. The first-order valence-electron chi connectivity index (χ1n) is 8.47. The van der Waals surface area contributed by atoms with Gasteiger partial charge in [-0.2, -0.15) is 4.31 Å². The van der Waals surface area contributed by atoms with Crippen molar-refractivity contribution in [1.82, 2.24) is 9.21 Å². The molecule has 0 saturated carbocycles. The molecule has 0 aliphatic carbocycles. The molecule has 7 nitrogen and oxygen atoms in total. The lowest BCUT2D eigenvalue weighted by molar-refractivity contribution is -0.127. The van der Waals surface area contributed by atoms with Gasteiger partial charge < -0.3 is 9.64 Å². The molecule has 0 atom stereocenters. The Morgan fingerprint density at radius 3 is 2.15 bits per heavy atom. The molecule has 1 fully saturated rings. The Morgan fingerprint density at radius 1 is 1.08 bits per heavy atom. The van der Waals surface area contributed by atoms with Gasteiger partial charge in [0.25, 0.3) is 0 Å². The highest BCUT2D eigenvalue weighted by atomic mass is 32.2. The van der Waals surface area contributed by atoms with E-state index in [1.54, 1.807) is 17.9 Å². The predicted octanol–water partition coefficient (Wildman–Crippen LogP) is 1.66. The quantitative estimate of drug-likeness (QED) is 0.573. The Balaban J connectivity index is 2.06. The number of amides is 1. The van der Waals surface area contributed by atoms with Crippen LogP contribution in [0.4, 0.5) is 0 Å². The van der Waals surface area contributed by atoms with E-state index in [9.17, 15) is 18.0 Å². The smallest absolute Gasteiger partial charge is 0.338 e. The summed E-state index contributed by atoms with van der Waals surface area (Å²) in [6, 6.07) is 5.70. The zero-order chi connectivity index (χ0) is 19.3. The molecular formula is C18H24N2O5S. The van der Waals surface area contributed by atoms with Crippen molar-refractivity contribution >= 4 is 21.9 Å². The van der Waals surface area contributed by atoms with Crippen LogP contribution in [-0.2, 0) is 19.6 Å². The Hall–Kier alpha value is -2.19. The van der Waals surface area contributed by atoms with Crippen LogP contribution >= 0.6 is 0 Å². The van der Waals surface area contributed by atoms with Crippen molar-refractivity contribution in [1.29, 1.82) is 0 Å². The number of piperazine rings is 1. The van der Waals surface area contributed by atoms with Gasteiger partial charge in [0.1, 0.15) is 0 Å². The average molecular weight is 380 g/mol. The maximum absolute atomic E-state index is 12.7. The Morgan fingerprint density at radius 2 is 1.65 bits per heavy atom. The molecule has 1 aliphatic heterocycles. The summed E-state index contributed by atoms with van der Waals surface area (Å²) >= 11 is 0. The standard InChI is InChI=1S/C18H24N2O5S/c1-4-25-18(22)15-5-7-16(8-6-15)26(23,24)20-11-9-19(10-12-20)17(21)13-14(2)3/h5-8,13H,4,9-12H2,1-3H3. The van der Waals surface area contributed by atoms with Crippen LogP contribution in [0.2, 0.25) is 0 Å². The fourth-order valence-corrected chi connectivity index (χ4v) is 4.04. The Kier molecular flexibility index (Phi) is 6.55. The topological polar surface area (TPSA) is 84.0 Å². The molecule has 0 radical (unpaired) electrons. The van der Waals surface area contributed by atoms with Gasteiger partial charge in [0, 0.05) is 32.3 Å². The highest BCUT2D eigenvalue weighted by molar-refractivity contribution is 7.89. The zero-order valence-electron chi connectivity index (χ0n) is 15.3. The van der Waals surface area contributed by atoms with E-state index in [2.05, 4.69) is 0 Å². The van der Waals surface area contributed by atoms with Crippen LogP contribution in [0, 0.1) is 0 Å². The summed E-state index contributed by atoms with van der Waals surface area (Å²) in [7, 11) is -3.66. The highest BCUT2D eigenvalue weighted by Gasteiger charge is 2.29. The lowest BCUT2D eigenvalue weighted by atomic mass is 10.2. The first kappa shape index (κ1) is 20.1. The minimum atomic E-state index is -3.66. The fourth-order valence-electron chi connectivity index (χ4n) is 2.61. The third-order valence-corrected chi connectivity index (χ3v) is 5.88. The normalized spacial score (nSPS) is 15.4. The van der Waals surface area contributed by atoms with Gasteiger partial charge >= 0.3 is 5.97 Å². The second kappa shape index (κ2) is 8.46. The molecular weight excluding hydrogens is 356 g/mol. The molecule has 142 valence electrons. The van der Waals surface area contributed by atoms with E-state index in [-0.39, 0.29) is 30.5 Å². The van der Waals surface area contributed by atoms with Crippen LogP contribution in [0.15, 0.2) is 40.8 Å². The number of hydrogen-bond acceptors (Lipinski definition) is 5. The minimum Gasteiger partial charge on any atom is -0.462 e. The molecule has 1 heterocycles. The molecule has 1 aliphatic rings. The summed E-state index contributed by atoms with van der Waals surface area (Å²) in [5, 5.41) is 0. The van der Waals surface area contributed by atoms with Gasteiger partial charge in [-0.05, 0) is 45.0 Å². The summed E-state index contributed by atoms with van der Waals surface area (Å²) in [5.74, 6) is -0.580. The van der Waals surface area contributed by atoms with E-state index in [1.165, 1.54) is 28.6 Å². The fraction of sp³-hybridized carbons (Fsp3) is 0.444. The van der Waals surface area contributed by atoms with E-state index in [4.69, 9.17) is 4.74 Å². The number of hydrogen-bond donors (Lipinski definition) is 0. The van der Waals surface area contributed by atoms with Gasteiger partial charge in [0.05, 0.1) is 17.1 Å². The minimum absolute atomic E-state index is 0.0964. The van der Waals surface area contributed by atoms with Gasteiger partial charge in [0.15, 0.2) is 0 Å². The van der Waals surface area contributed by atoms with Crippen LogP contribution in [-0.4, -0.2) is 62.3 Å². The molecule has 1 aromatic carbocycles.